The van der Waals surface area contributed by atoms with Crippen molar-refractivity contribution in [2.45, 2.75) is 6.04 Å². The summed E-state index contributed by atoms with van der Waals surface area (Å²) in [7, 11) is 0. The predicted octanol–water partition coefficient (Wildman–Crippen LogP) is 1.41. The van der Waals surface area contributed by atoms with Crippen LogP contribution in [0.5, 0.6) is 0 Å². The van der Waals surface area contributed by atoms with E-state index in [-0.39, 0.29) is 0 Å². The topological polar surface area (TPSA) is 63.3 Å². The van der Waals surface area contributed by atoms with Gasteiger partial charge in [-0.15, -0.1) is 0 Å². The average molecular weight is 177 g/mol. The van der Waals surface area contributed by atoms with Crippen molar-refractivity contribution in [3.63, 3.8) is 0 Å². The van der Waals surface area contributed by atoms with Gasteiger partial charge in [0, 0.05) is 0 Å². The normalized spacial score (nSPS) is 12.1. The molecule has 1 rings (SSSR count). The number of carboxylic acid groups (broad SMARTS) is 1. The number of carbonyl (C=O) groups is 1. The summed E-state index contributed by atoms with van der Waals surface area (Å²) in [5.74, 6) is -1.03. The molecule has 0 saturated heterocycles. The van der Waals surface area contributed by atoms with Crippen LogP contribution in [0.15, 0.2) is 30.8 Å². The van der Waals surface area contributed by atoms with Crippen molar-refractivity contribution in [2.24, 2.45) is 5.73 Å². The third kappa shape index (κ3) is 2.16. The maximum atomic E-state index is 10.5. The third-order valence-corrected chi connectivity index (χ3v) is 1.77. The van der Waals surface area contributed by atoms with Gasteiger partial charge in [0.2, 0.25) is 0 Å². The van der Waals surface area contributed by atoms with Crippen LogP contribution >= 0.6 is 0 Å². The van der Waals surface area contributed by atoms with Gasteiger partial charge in [0.15, 0.2) is 0 Å². The van der Waals surface area contributed by atoms with E-state index < -0.39 is 12.0 Å². The first-order chi connectivity index (χ1) is 6.15. The van der Waals surface area contributed by atoms with Crippen molar-refractivity contribution in [2.75, 3.05) is 0 Å². The highest BCUT2D eigenvalue weighted by atomic mass is 16.4. The second kappa shape index (κ2) is 3.87. The van der Waals surface area contributed by atoms with E-state index in [1.165, 1.54) is 0 Å². The highest BCUT2D eigenvalue weighted by Crippen LogP contribution is 2.13. The van der Waals surface area contributed by atoms with Crippen LogP contribution in [0.3, 0.4) is 0 Å². The van der Waals surface area contributed by atoms with E-state index in [4.69, 9.17) is 10.8 Å². The lowest BCUT2D eigenvalue weighted by Gasteiger charge is -2.06. The number of hydrogen-bond donors (Lipinski definition) is 2. The summed E-state index contributed by atoms with van der Waals surface area (Å²) in [6.45, 7) is 3.59. The molecule has 0 aromatic heterocycles. The molecule has 0 aliphatic rings. The Bertz CT molecular complexity index is 333. The van der Waals surface area contributed by atoms with Crippen molar-refractivity contribution in [3.05, 3.63) is 42.0 Å². The van der Waals surface area contributed by atoms with Crippen LogP contribution in [0.4, 0.5) is 0 Å². The molecule has 0 radical (unpaired) electrons. The van der Waals surface area contributed by atoms with Crippen molar-refractivity contribution < 1.29 is 9.90 Å². The van der Waals surface area contributed by atoms with Crippen LogP contribution < -0.4 is 5.73 Å². The van der Waals surface area contributed by atoms with Crippen LogP contribution in [0.1, 0.15) is 17.2 Å². The molecule has 0 bridgehead atoms. The van der Waals surface area contributed by atoms with Gasteiger partial charge < -0.3 is 10.8 Å². The van der Waals surface area contributed by atoms with Crippen LogP contribution in [-0.2, 0) is 4.79 Å². The minimum atomic E-state index is -1.03. The zero-order valence-corrected chi connectivity index (χ0v) is 7.10. The first-order valence-corrected chi connectivity index (χ1v) is 3.86. The van der Waals surface area contributed by atoms with Gasteiger partial charge in [-0.3, -0.25) is 4.79 Å². The maximum absolute atomic E-state index is 10.5. The SMILES string of the molecule is C=Cc1cccc([C@H](N)C(=O)O)c1. The summed E-state index contributed by atoms with van der Waals surface area (Å²) in [5.41, 5.74) is 6.89. The van der Waals surface area contributed by atoms with Gasteiger partial charge in [0.25, 0.3) is 0 Å². The first kappa shape index (κ1) is 9.48. The van der Waals surface area contributed by atoms with Crippen LogP contribution in [0, 0.1) is 0 Å². The van der Waals surface area contributed by atoms with Gasteiger partial charge in [0.05, 0.1) is 0 Å². The molecular weight excluding hydrogens is 166 g/mol. The number of rotatable bonds is 3. The predicted molar refractivity (Wildman–Crippen MR) is 51.1 cm³/mol. The Morgan fingerprint density at radius 2 is 2.31 bits per heavy atom. The second-order valence-corrected chi connectivity index (χ2v) is 2.69. The smallest absolute Gasteiger partial charge is 0.325 e. The average Bonchev–Trinajstić information content (AvgIpc) is 2.16. The summed E-state index contributed by atoms with van der Waals surface area (Å²) >= 11 is 0. The molecule has 0 heterocycles. The molecule has 1 aromatic rings. The van der Waals surface area contributed by atoms with Gasteiger partial charge >= 0.3 is 5.97 Å². The van der Waals surface area contributed by atoms with E-state index in [1.54, 1.807) is 24.3 Å². The molecule has 0 spiro atoms. The molecule has 3 heteroatoms. The summed E-state index contributed by atoms with van der Waals surface area (Å²) in [4.78, 5) is 10.5. The monoisotopic (exact) mass is 177 g/mol. The van der Waals surface area contributed by atoms with Crippen molar-refractivity contribution in [1.82, 2.24) is 0 Å². The molecule has 68 valence electrons. The largest absolute Gasteiger partial charge is 0.480 e. The summed E-state index contributed by atoms with van der Waals surface area (Å²) in [6.07, 6.45) is 1.65. The minimum Gasteiger partial charge on any atom is -0.480 e. The molecule has 0 unspecified atom stereocenters. The Morgan fingerprint density at radius 3 is 2.85 bits per heavy atom. The molecule has 3 nitrogen and oxygen atoms in total. The fourth-order valence-corrected chi connectivity index (χ4v) is 1.02. The van der Waals surface area contributed by atoms with Crippen LogP contribution in [0.2, 0.25) is 0 Å². The zero-order chi connectivity index (χ0) is 9.84. The van der Waals surface area contributed by atoms with Gasteiger partial charge in [-0.1, -0.05) is 30.9 Å². The fourth-order valence-electron chi connectivity index (χ4n) is 1.02. The molecule has 13 heavy (non-hydrogen) atoms. The summed E-state index contributed by atoms with van der Waals surface area (Å²) in [5, 5.41) is 8.65. The Hall–Kier alpha value is -1.61. The van der Waals surface area contributed by atoms with E-state index in [1.807, 2.05) is 6.07 Å². The second-order valence-electron chi connectivity index (χ2n) is 2.69. The Morgan fingerprint density at radius 1 is 1.62 bits per heavy atom. The highest BCUT2D eigenvalue weighted by Gasteiger charge is 2.13. The number of benzene rings is 1. The summed E-state index contributed by atoms with van der Waals surface area (Å²) < 4.78 is 0. The minimum absolute atomic E-state index is 0.588. The molecule has 0 amide bonds. The number of nitrogens with two attached hydrogens (primary N) is 1. The van der Waals surface area contributed by atoms with Gasteiger partial charge in [-0.25, -0.2) is 0 Å². The molecular formula is C10H11NO2. The Balaban J connectivity index is 3.01. The van der Waals surface area contributed by atoms with Crippen molar-refractivity contribution >= 4 is 12.0 Å². The molecule has 0 saturated carbocycles. The Kier molecular flexibility index (Phi) is 2.82. The summed E-state index contributed by atoms with van der Waals surface area (Å²) in [6, 6.07) is 6.04. The zero-order valence-electron chi connectivity index (χ0n) is 7.10. The van der Waals surface area contributed by atoms with Crippen LogP contribution in [-0.4, -0.2) is 11.1 Å². The van der Waals surface area contributed by atoms with E-state index in [2.05, 4.69) is 6.58 Å². The number of aliphatic carboxylic acids is 1. The van der Waals surface area contributed by atoms with Gasteiger partial charge in [-0.2, -0.15) is 0 Å². The van der Waals surface area contributed by atoms with E-state index >= 15 is 0 Å². The molecule has 1 aromatic carbocycles. The first-order valence-electron chi connectivity index (χ1n) is 3.86. The van der Waals surface area contributed by atoms with Gasteiger partial charge in [0.1, 0.15) is 6.04 Å². The molecule has 3 N–H and O–H groups in total. The standard InChI is InChI=1S/C10H11NO2/c1-2-7-4-3-5-8(6-7)9(11)10(12)13/h2-6,9H,1,11H2,(H,12,13)/t9-/m0/s1. The van der Waals surface area contributed by atoms with Gasteiger partial charge in [-0.05, 0) is 17.2 Å². The lowest BCUT2D eigenvalue weighted by molar-refractivity contribution is -0.138. The van der Waals surface area contributed by atoms with E-state index in [0.717, 1.165) is 5.56 Å². The maximum Gasteiger partial charge on any atom is 0.325 e. The molecule has 0 aliphatic heterocycles. The third-order valence-electron chi connectivity index (χ3n) is 1.77. The van der Waals surface area contributed by atoms with Crippen molar-refractivity contribution in [3.8, 4) is 0 Å². The quantitative estimate of drug-likeness (QED) is 0.733. The fraction of sp³-hybridized carbons (Fsp3) is 0.100. The molecule has 1 atom stereocenters. The van der Waals surface area contributed by atoms with Crippen molar-refractivity contribution in [1.29, 1.82) is 0 Å². The lowest BCUT2D eigenvalue weighted by Crippen LogP contribution is -2.20. The van der Waals surface area contributed by atoms with E-state index in [9.17, 15) is 4.79 Å². The number of carboxylic acids is 1. The van der Waals surface area contributed by atoms with Crippen LogP contribution in [0.25, 0.3) is 6.08 Å². The lowest BCUT2D eigenvalue weighted by atomic mass is 10.0. The molecule has 0 aliphatic carbocycles. The Labute approximate surface area is 76.5 Å². The molecule has 0 fully saturated rings. The van der Waals surface area contributed by atoms with E-state index in [0.29, 0.717) is 5.56 Å². The number of hydrogen-bond acceptors (Lipinski definition) is 2. The highest BCUT2D eigenvalue weighted by molar-refractivity contribution is 5.75.